The highest BCUT2D eigenvalue weighted by molar-refractivity contribution is 5.94. The molecule has 1 fully saturated rings. The molecule has 3 N–H and O–H groups in total. The van der Waals surface area contributed by atoms with Crippen molar-refractivity contribution in [1.82, 2.24) is 5.32 Å². The van der Waals surface area contributed by atoms with E-state index >= 15 is 0 Å². The molecule has 5 nitrogen and oxygen atoms in total. The number of amides is 1. The second kappa shape index (κ2) is 5.08. The van der Waals surface area contributed by atoms with E-state index in [-0.39, 0.29) is 30.0 Å². The number of carbonyl (C=O) groups excluding carboxylic acids is 1. The van der Waals surface area contributed by atoms with E-state index in [9.17, 15) is 9.59 Å². The zero-order valence-corrected chi connectivity index (χ0v) is 9.80. The topological polar surface area (TPSA) is 86.6 Å². The molecule has 1 aliphatic carbocycles. The Morgan fingerprint density at radius 2 is 1.89 bits per heavy atom. The molecule has 0 saturated heterocycles. The molecule has 18 heavy (non-hydrogen) atoms. The van der Waals surface area contributed by atoms with Gasteiger partial charge >= 0.3 is 5.97 Å². The van der Waals surface area contributed by atoms with Gasteiger partial charge in [0.1, 0.15) is 5.75 Å². The normalized spacial score (nSPS) is 16.0. The monoisotopic (exact) mass is 249 g/mol. The van der Waals surface area contributed by atoms with Crippen molar-refractivity contribution in [1.29, 1.82) is 0 Å². The number of benzene rings is 1. The Kier molecular flexibility index (Phi) is 3.50. The lowest BCUT2D eigenvalue weighted by atomic mass is 10.1. The zero-order chi connectivity index (χ0) is 13.1. The summed E-state index contributed by atoms with van der Waals surface area (Å²) in [6, 6.07) is 5.57. The number of phenols is 1. The highest BCUT2D eigenvalue weighted by Gasteiger charge is 2.33. The van der Waals surface area contributed by atoms with E-state index in [4.69, 9.17) is 10.2 Å². The zero-order valence-electron chi connectivity index (χ0n) is 9.80. The number of hydrogen-bond donors (Lipinski definition) is 3. The van der Waals surface area contributed by atoms with E-state index in [0.29, 0.717) is 5.56 Å². The number of carboxylic acids is 1. The molecule has 2 rings (SSSR count). The summed E-state index contributed by atoms with van der Waals surface area (Å²) in [6.45, 7) is 0. The molecule has 96 valence electrons. The van der Waals surface area contributed by atoms with E-state index in [1.807, 2.05) is 0 Å². The summed E-state index contributed by atoms with van der Waals surface area (Å²) < 4.78 is 0. The Morgan fingerprint density at radius 3 is 2.39 bits per heavy atom. The molecule has 0 bridgehead atoms. The highest BCUT2D eigenvalue weighted by Crippen LogP contribution is 2.34. The maximum absolute atomic E-state index is 11.9. The summed E-state index contributed by atoms with van der Waals surface area (Å²) in [5, 5.41) is 20.7. The number of phenolic OH excluding ortho intramolecular Hbond substituents is 1. The maximum atomic E-state index is 11.9. The second-order valence-electron chi connectivity index (χ2n) is 4.56. The van der Waals surface area contributed by atoms with E-state index in [2.05, 4.69) is 5.32 Å². The van der Waals surface area contributed by atoms with Crippen LogP contribution in [0.5, 0.6) is 5.75 Å². The van der Waals surface area contributed by atoms with Crippen LogP contribution in [0.2, 0.25) is 0 Å². The SMILES string of the molecule is O=C(O)CC(NC(=O)c1ccc(O)cc1)C1CC1. The number of aliphatic carboxylic acids is 1. The molecule has 1 atom stereocenters. The first-order valence-electron chi connectivity index (χ1n) is 5.88. The van der Waals surface area contributed by atoms with E-state index in [1.165, 1.54) is 24.3 Å². The predicted octanol–water partition coefficient (Wildman–Crippen LogP) is 1.38. The van der Waals surface area contributed by atoms with Gasteiger partial charge in [0.05, 0.1) is 6.42 Å². The molecule has 1 saturated carbocycles. The molecule has 1 aromatic rings. The number of nitrogens with one attached hydrogen (secondary N) is 1. The Labute approximate surface area is 104 Å². The molecule has 0 spiro atoms. The third kappa shape index (κ3) is 3.23. The van der Waals surface area contributed by atoms with Crippen molar-refractivity contribution >= 4 is 11.9 Å². The van der Waals surface area contributed by atoms with Crippen LogP contribution in [0.4, 0.5) is 0 Å². The minimum absolute atomic E-state index is 0.0471. The average molecular weight is 249 g/mol. The van der Waals surface area contributed by atoms with Crippen molar-refractivity contribution in [3.63, 3.8) is 0 Å². The summed E-state index contributed by atoms with van der Waals surface area (Å²) in [7, 11) is 0. The lowest BCUT2D eigenvalue weighted by molar-refractivity contribution is -0.137. The minimum atomic E-state index is -0.905. The van der Waals surface area contributed by atoms with Crippen molar-refractivity contribution in [2.75, 3.05) is 0 Å². The van der Waals surface area contributed by atoms with Crippen LogP contribution in [0.15, 0.2) is 24.3 Å². The van der Waals surface area contributed by atoms with Crippen molar-refractivity contribution in [3.05, 3.63) is 29.8 Å². The summed E-state index contributed by atoms with van der Waals surface area (Å²) in [5.41, 5.74) is 0.420. The van der Waals surface area contributed by atoms with E-state index in [1.54, 1.807) is 0 Å². The first-order chi connectivity index (χ1) is 8.56. The first kappa shape index (κ1) is 12.4. The number of rotatable bonds is 5. The fourth-order valence-corrected chi connectivity index (χ4v) is 1.89. The molecule has 0 radical (unpaired) electrons. The predicted molar refractivity (Wildman–Crippen MR) is 64.3 cm³/mol. The summed E-state index contributed by atoms with van der Waals surface area (Å²) in [6.07, 6.45) is 1.89. The van der Waals surface area contributed by atoms with Crippen molar-refractivity contribution in [3.8, 4) is 5.75 Å². The molecule has 1 aliphatic rings. The van der Waals surface area contributed by atoms with Crippen LogP contribution >= 0.6 is 0 Å². The molecule has 0 aromatic heterocycles. The van der Waals surface area contributed by atoms with Crippen molar-refractivity contribution < 1.29 is 19.8 Å². The minimum Gasteiger partial charge on any atom is -0.508 e. The lowest BCUT2D eigenvalue weighted by Crippen LogP contribution is -2.38. The molecule has 5 heteroatoms. The Morgan fingerprint density at radius 1 is 1.28 bits per heavy atom. The van der Waals surface area contributed by atoms with Crippen LogP contribution in [0, 0.1) is 5.92 Å². The van der Waals surface area contributed by atoms with Crippen molar-refractivity contribution in [2.45, 2.75) is 25.3 Å². The largest absolute Gasteiger partial charge is 0.508 e. The van der Waals surface area contributed by atoms with Crippen LogP contribution in [0.1, 0.15) is 29.6 Å². The van der Waals surface area contributed by atoms with Gasteiger partial charge in [-0.3, -0.25) is 9.59 Å². The fourth-order valence-electron chi connectivity index (χ4n) is 1.89. The van der Waals surface area contributed by atoms with Gasteiger partial charge in [0.15, 0.2) is 0 Å². The van der Waals surface area contributed by atoms with Gasteiger partial charge in [0.25, 0.3) is 5.91 Å². The van der Waals surface area contributed by atoms with Crippen LogP contribution in [0.3, 0.4) is 0 Å². The smallest absolute Gasteiger partial charge is 0.305 e. The number of hydrogen-bond acceptors (Lipinski definition) is 3. The third-order valence-corrected chi connectivity index (χ3v) is 3.03. The number of carbonyl (C=O) groups is 2. The van der Waals surface area contributed by atoms with Crippen molar-refractivity contribution in [2.24, 2.45) is 5.92 Å². The summed E-state index contributed by atoms with van der Waals surface area (Å²) in [5.74, 6) is -0.830. The van der Waals surface area contributed by atoms with Gasteiger partial charge in [-0.15, -0.1) is 0 Å². The lowest BCUT2D eigenvalue weighted by Gasteiger charge is -2.16. The number of carboxylic acid groups (broad SMARTS) is 1. The van der Waals surface area contributed by atoms with Crippen LogP contribution < -0.4 is 5.32 Å². The highest BCUT2D eigenvalue weighted by atomic mass is 16.4. The molecular formula is C13H15NO4. The van der Waals surface area contributed by atoms with Crippen LogP contribution in [0.25, 0.3) is 0 Å². The summed E-state index contributed by atoms with van der Waals surface area (Å²) >= 11 is 0. The first-order valence-corrected chi connectivity index (χ1v) is 5.88. The fraction of sp³-hybridized carbons (Fsp3) is 0.385. The maximum Gasteiger partial charge on any atom is 0.305 e. The van der Waals surface area contributed by atoms with Gasteiger partial charge < -0.3 is 15.5 Å². The Bertz CT molecular complexity index is 451. The average Bonchev–Trinajstić information content (AvgIpc) is 3.12. The Hall–Kier alpha value is -2.04. The molecule has 0 aliphatic heterocycles. The van der Waals surface area contributed by atoms with E-state index in [0.717, 1.165) is 12.8 Å². The quantitative estimate of drug-likeness (QED) is 0.735. The molecule has 1 unspecified atom stereocenters. The van der Waals surface area contributed by atoms with Gasteiger partial charge in [-0.25, -0.2) is 0 Å². The van der Waals surface area contributed by atoms with Gasteiger partial charge in [0, 0.05) is 11.6 Å². The third-order valence-electron chi connectivity index (χ3n) is 3.03. The van der Waals surface area contributed by atoms with Gasteiger partial charge in [-0.2, -0.15) is 0 Å². The molecule has 0 heterocycles. The van der Waals surface area contributed by atoms with Gasteiger partial charge in [0.2, 0.25) is 0 Å². The molecular weight excluding hydrogens is 234 g/mol. The summed E-state index contributed by atoms with van der Waals surface area (Å²) in [4.78, 5) is 22.6. The van der Waals surface area contributed by atoms with Gasteiger partial charge in [-0.05, 0) is 43.0 Å². The van der Waals surface area contributed by atoms with Crippen LogP contribution in [-0.2, 0) is 4.79 Å². The standard InChI is InChI=1S/C13H15NO4/c15-10-5-3-9(4-6-10)13(18)14-11(7-12(16)17)8-1-2-8/h3-6,8,11,15H,1-2,7H2,(H,14,18)(H,16,17). The number of aromatic hydroxyl groups is 1. The molecule has 1 aromatic carbocycles. The van der Waals surface area contributed by atoms with Crippen LogP contribution in [-0.4, -0.2) is 28.1 Å². The van der Waals surface area contributed by atoms with Gasteiger partial charge in [-0.1, -0.05) is 0 Å². The second-order valence-corrected chi connectivity index (χ2v) is 4.56. The van der Waals surface area contributed by atoms with E-state index < -0.39 is 5.97 Å². The molecule has 1 amide bonds. The Balaban J connectivity index is 2.00.